The standard InChI is InChI=1S/C9H16FN/c1-6-3-7-5-8(10)9(4-6)11(7)2/h6-9H,3-5H2,1-2H3. The van der Waals surface area contributed by atoms with Gasteiger partial charge < -0.3 is 0 Å². The lowest BCUT2D eigenvalue weighted by Crippen LogP contribution is -2.40. The minimum atomic E-state index is -0.546. The summed E-state index contributed by atoms with van der Waals surface area (Å²) in [6.07, 6.45) is 2.50. The first-order chi connectivity index (χ1) is 5.18. The van der Waals surface area contributed by atoms with Gasteiger partial charge in [-0.05, 0) is 32.2 Å². The van der Waals surface area contributed by atoms with Crippen molar-refractivity contribution in [3.63, 3.8) is 0 Å². The number of alkyl halides is 1. The summed E-state index contributed by atoms with van der Waals surface area (Å²) in [5, 5.41) is 0. The highest BCUT2D eigenvalue weighted by molar-refractivity contribution is 4.97. The molecule has 64 valence electrons. The van der Waals surface area contributed by atoms with Crippen LogP contribution in [0.15, 0.2) is 0 Å². The first kappa shape index (κ1) is 7.53. The van der Waals surface area contributed by atoms with Crippen molar-refractivity contribution in [2.45, 2.75) is 44.4 Å². The van der Waals surface area contributed by atoms with E-state index in [1.165, 1.54) is 6.42 Å². The highest BCUT2D eigenvalue weighted by atomic mass is 19.1. The molecule has 2 heteroatoms. The molecule has 0 amide bonds. The van der Waals surface area contributed by atoms with Gasteiger partial charge in [-0.2, -0.15) is 0 Å². The molecule has 4 unspecified atom stereocenters. The Bertz CT molecular complexity index is 158. The molecule has 11 heavy (non-hydrogen) atoms. The zero-order chi connectivity index (χ0) is 8.01. The minimum Gasteiger partial charge on any atom is -0.297 e. The Morgan fingerprint density at radius 1 is 1.27 bits per heavy atom. The number of rotatable bonds is 0. The Labute approximate surface area is 67.6 Å². The van der Waals surface area contributed by atoms with E-state index in [2.05, 4.69) is 18.9 Å². The number of hydrogen-bond donors (Lipinski definition) is 0. The van der Waals surface area contributed by atoms with Gasteiger partial charge in [-0.3, -0.25) is 4.90 Å². The van der Waals surface area contributed by atoms with Crippen LogP contribution in [0.4, 0.5) is 4.39 Å². The lowest BCUT2D eigenvalue weighted by molar-refractivity contribution is 0.120. The van der Waals surface area contributed by atoms with E-state index in [1.807, 2.05) is 0 Å². The van der Waals surface area contributed by atoms with Crippen molar-refractivity contribution < 1.29 is 4.39 Å². The summed E-state index contributed by atoms with van der Waals surface area (Å²) in [5.41, 5.74) is 0. The Balaban J connectivity index is 2.14. The summed E-state index contributed by atoms with van der Waals surface area (Å²) < 4.78 is 13.3. The molecular formula is C9H16FN. The lowest BCUT2D eigenvalue weighted by Gasteiger charge is -2.34. The van der Waals surface area contributed by atoms with Crippen LogP contribution in [-0.2, 0) is 0 Å². The number of nitrogens with zero attached hydrogens (tertiary/aromatic N) is 1. The number of hydrogen-bond acceptors (Lipinski definition) is 1. The van der Waals surface area contributed by atoms with E-state index in [-0.39, 0.29) is 6.04 Å². The van der Waals surface area contributed by atoms with Crippen molar-refractivity contribution in [1.29, 1.82) is 0 Å². The third-order valence-electron chi connectivity index (χ3n) is 3.33. The zero-order valence-electron chi connectivity index (χ0n) is 7.26. The molecule has 2 aliphatic heterocycles. The smallest absolute Gasteiger partial charge is 0.117 e. The third kappa shape index (κ3) is 1.08. The maximum absolute atomic E-state index is 13.3. The molecule has 2 bridgehead atoms. The average Bonchev–Trinajstić information content (AvgIpc) is 2.17. The highest BCUT2D eigenvalue weighted by Crippen LogP contribution is 2.38. The normalized spacial score (nSPS) is 51.5. The van der Waals surface area contributed by atoms with Gasteiger partial charge in [0, 0.05) is 12.1 Å². The molecule has 0 aliphatic carbocycles. The molecule has 0 aromatic rings. The molecular weight excluding hydrogens is 141 g/mol. The summed E-state index contributed by atoms with van der Waals surface area (Å²) in [7, 11) is 2.07. The molecule has 0 aromatic carbocycles. The van der Waals surface area contributed by atoms with Gasteiger partial charge in [-0.1, -0.05) is 6.92 Å². The van der Waals surface area contributed by atoms with E-state index in [0.717, 1.165) is 18.8 Å². The van der Waals surface area contributed by atoms with Crippen LogP contribution in [-0.4, -0.2) is 30.2 Å². The minimum absolute atomic E-state index is 0.240. The molecule has 0 N–H and O–H groups in total. The maximum Gasteiger partial charge on any atom is 0.117 e. The van der Waals surface area contributed by atoms with Crippen molar-refractivity contribution >= 4 is 0 Å². The van der Waals surface area contributed by atoms with Gasteiger partial charge in [0.25, 0.3) is 0 Å². The first-order valence-corrected chi connectivity index (χ1v) is 4.54. The Morgan fingerprint density at radius 3 is 2.64 bits per heavy atom. The largest absolute Gasteiger partial charge is 0.297 e. The molecule has 4 atom stereocenters. The second kappa shape index (κ2) is 2.44. The van der Waals surface area contributed by atoms with Crippen LogP contribution in [0.3, 0.4) is 0 Å². The summed E-state index contributed by atoms with van der Waals surface area (Å²) in [5.74, 6) is 0.738. The second-order valence-electron chi connectivity index (χ2n) is 4.21. The quantitative estimate of drug-likeness (QED) is 0.518. The fraction of sp³-hybridized carbons (Fsp3) is 1.00. The molecule has 0 radical (unpaired) electrons. The number of halogens is 1. The van der Waals surface area contributed by atoms with E-state index in [0.29, 0.717) is 6.04 Å². The van der Waals surface area contributed by atoms with Crippen molar-refractivity contribution in [2.24, 2.45) is 5.92 Å². The third-order valence-corrected chi connectivity index (χ3v) is 3.33. The Morgan fingerprint density at radius 2 is 2.00 bits per heavy atom. The van der Waals surface area contributed by atoms with Crippen LogP contribution in [0.1, 0.15) is 26.2 Å². The van der Waals surface area contributed by atoms with Gasteiger partial charge in [-0.25, -0.2) is 4.39 Å². The molecule has 0 spiro atoms. The number of piperidine rings is 1. The molecule has 2 aliphatic rings. The highest BCUT2D eigenvalue weighted by Gasteiger charge is 2.43. The van der Waals surface area contributed by atoms with Gasteiger partial charge in [-0.15, -0.1) is 0 Å². The molecule has 2 heterocycles. The summed E-state index contributed by atoms with van der Waals surface area (Å²) >= 11 is 0. The molecule has 0 aromatic heterocycles. The molecule has 2 saturated heterocycles. The SMILES string of the molecule is CC1CC2CC(F)C(C1)N2C. The van der Waals surface area contributed by atoms with Gasteiger partial charge in [0.1, 0.15) is 6.17 Å². The Kier molecular flexibility index (Phi) is 1.67. The van der Waals surface area contributed by atoms with Gasteiger partial charge in [0.2, 0.25) is 0 Å². The second-order valence-corrected chi connectivity index (χ2v) is 4.21. The van der Waals surface area contributed by atoms with Crippen LogP contribution in [0.5, 0.6) is 0 Å². The van der Waals surface area contributed by atoms with Crippen LogP contribution in [0.25, 0.3) is 0 Å². The van der Waals surface area contributed by atoms with Crippen molar-refractivity contribution in [3.05, 3.63) is 0 Å². The molecule has 1 nitrogen and oxygen atoms in total. The van der Waals surface area contributed by atoms with Gasteiger partial charge in [0.05, 0.1) is 0 Å². The average molecular weight is 157 g/mol. The molecule has 2 rings (SSSR count). The Hall–Kier alpha value is -0.110. The zero-order valence-corrected chi connectivity index (χ0v) is 7.26. The van der Waals surface area contributed by atoms with Crippen LogP contribution in [0, 0.1) is 5.92 Å². The van der Waals surface area contributed by atoms with Gasteiger partial charge >= 0.3 is 0 Å². The summed E-state index contributed by atoms with van der Waals surface area (Å²) in [6, 6.07) is 0.780. The topological polar surface area (TPSA) is 3.24 Å². The van der Waals surface area contributed by atoms with Crippen molar-refractivity contribution in [3.8, 4) is 0 Å². The van der Waals surface area contributed by atoms with Crippen LogP contribution >= 0.6 is 0 Å². The lowest BCUT2D eigenvalue weighted by atomic mass is 9.93. The summed E-state index contributed by atoms with van der Waals surface area (Å²) in [6.45, 7) is 2.24. The fourth-order valence-electron chi connectivity index (χ4n) is 2.66. The predicted octanol–water partition coefficient (Wildman–Crippen LogP) is 1.83. The maximum atomic E-state index is 13.3. The van der Waals surface area contributed by atoms with Crippen LogP contribution in [0.2, 0.25) is 0 Å². The van der Waals surface area contributed by atoms with Crippen molar-refractivity contribution in [2.75, 3.05) is 7.05 Å². The van der Waals surface area contributed by atoms with Crippen molar-refractivity contribution in [1.82, 2.24) is 4.90 Å². The predicted molar refractivity (Wildman–Crippen MR) is 43.3 cm³/mol. The fourth-order valence-corrected chi connectivity index (χ4v) is 2.66. The van der Waals surface area contributed by atoms with E-state index in [1.54, 1.807) is 0 Å². The first-order valence-electron chi connectivity index (χ1n) is 4.54. The van der Waals surface area contributed by atoms with E-state index in [9.17, 15) is 4.39 Å². The van der Waals surface area contributed by atoms with Gasteiger partial charge in [0.15, 0.2) is 0 Å². The van der Waals surface area contributed by atoms with E-state index >= 15 is 0 Å². The molecule has 2 fully saturated rings. The van der Waals surface area contributed by atoms with Crippen LogP contribution < -0.4 is 0 Å². The number of fused-ring (bicyclic) bond motifs is 2. The monoisotopic (exact) mass is 157 g/mol. The van der Waals surface area contributed by atoms with E-state index < -0.39 is 6.17 Å². The summed E-state index contributed by atoms with van der Waals surface area (Å²) in [4.78, 5) is 2.24. The van der Waals surface area contributed by atoms with E-state index in [4.69, 9.17) is 0 Å². The molecule has 0 saturated carbocycles.